The molecule has 2 N–H and O–H groups in total. The van der Waals surface area contributed by atoms with Crippen LogP contribution in [0.25, 0.3) is 10.2 Å². The van der Waals surface area contributed by atoms with E-state index in [2.05, 4.69) is 25.1 Å². The van der Waals surface area contributed by atoms with Gasteiger partial charge in [-0.25, -0.2) is 9.97 Å². The van der Waals surface area contributed by atoms with E-state index in [1.165, 1.54) is 16.2 Å². The summed E-state index contributed by atoms with van der Waals surface area (Å²) in [5, 5.41) is 8.24. The van der Waals surface area contributed by atoms with Gasteiger partial charge in [0, 0.05) is 7.05 Å². The minimum atomic E-state index is -0.340. The monoisotopic (exact) mass is 304 g/mol. The van der Waals surface area contributed by atoms with E-state index in [1.54, 1.807) is 20.0 Å². The Morgan fingerprint density at radius 3 is 2.95 bits per heavy atom. The number of hydrogen-bond acceptors (Lipinski definition) is 6. The maximum absolute atomic E-state index is 12.1. The van der Waals surface area contributed by atoms with Crippen LogP contribution in [-0.2, 0) is 6.54 Å². The summed E-state index contributed by atoms with van der Waals surface area (Å²) in [6, 6.07) is 1.78. The Bertz CT molecular complexity index is 864. The zero-order chi connectivity index (χ0) is 15.0. The van der Waals surface area contributed by atoms with Crippen LogP contribution in [0.3, 0.4) is 0 Å². The van der Waals surface area contributed by atoms with Crippen LogP contribution in [0.5, 0.6) is 0 Å². The number of hydrogen-bond donors (Lipinski definition) is 2. The molecule has 21 heavy (non-hydrogen) atoms. The van der Waals surface area contributed by atoms with E-state index in [0.717, 1.165) is 0 Å². The quantitative estimate of drug-likeness (QED) is 0.740. The molecular weight excluding hydrogens is 292 g/mol. The summed E-state index contributed by atoms with van der Waals surface area (Å²) >= 11 is 1.34. The Morgan fingerprint density at radius 1 is 1.43 bits per heavy atom. The molecule has 0 aliphatic heterocycles. The summed E-state index contributed by atoms with van der Waals surface area (Å²) in [5.41, 5.74) is 0.438. The molecule has 0 spiro atoms. The third-order valence-corrected chi connectivity index (χ3v) is 3.79. The number of aromatic nitrogens is 5. The molecule has 9 heteroatoms. The highest BCUT2D eigenvalue weighted by Gasteiger charge is 2.17. The van der Waals surface area contributed by atoms with Gasteiger partial charge in [0.25, 0.3) is 11.5 Å². The van der Waals surface area contributed by atoms with E-state index in [0.29, 0.717) is 21.9 Å². The Hall–Kier alpha value is -2.55. The number of H-pyrrole nitrogens is 2. The fraction of sp³-hybridized carbons (Fsp3) is 0.250. The summed E-state index contributed by atoms with van der Waals surface area (Å²) in [7, 11) is 1.60. The molecule has 3 heterocycles. The Labute approximate surface area is 122 Å². The van der Waals surface area contributed by atoms with Crippen LogP contribution in [0.4, 0.5) is 0 Å². The summed E-state index contributed by atoms with van der Waals surface area (Å²) in [6.07, 6.45) is 0. The summed E-state index contributed by atoms with van der Waals surface area (Å²) in [4.78, 5) is 36.4. The molecule has 0 atom stereocenters. The van der Waals surface area contributed by atoms with Crippen LogP contribution in [0.15, 0.2) is 16.2 Å². The fourth-order valence-electron chi connectivity index (χ4n) is 1.90. The largest absolute Gasteiger partial charge is 0.331 e. The van der Waals surface area contributed by atoms with Crippen LogP contribution < -0.4 is 5.56 Å². The first-order chi connectivity index (χ1) is 10.0. The van der Waals surface area contributed by atoms with Gasteiger partial charge in [0.05, 0.1) is 12.1 Å². The van der Waals surface area contributed by atoms with Crippen molar-refractivity contribution in [3.05, 3.63) is 39.3 Å². The number of nitrogens with zero attached hydrogens (tertiary/aromatic N) is 4. The van der Waals surface area contributed by atoms with Crippen molar-refractivity contribution in [2.75, 3.05) is 7.05 Å². The van der Waals surface area contributed by atoms with E-state index in [-0.39, 0.29) is 23.8 Å². The molecule has 3 aromatic heterocycles. The summed E-state index contributed by atoms with van der Waals surface area (Å²) < 4.78 is 0.581. The van der Waals surface area contributed by atoms with Crippen LogP contribution in [0, 0.1) is 6.92 Å². The molecule has 0 saturated carbocycles. The summed E-state index contributed by atoms with van der Waals surface area (Å²) in [6.45, 7) is 1.89. The number of carbonyl (C=O) groups excluding carboxylic acids is 1. The number of nitrogens with one attached hydrogen (secondary N) is 2. The van der Waals surface area contributed by atoms with Gasteiger partial charge in [0.2, 0.25) is 5.82 Å². The van der Waals surface area contributed by atoms with Crippen molar-refractivity contribution < 1.29 is 4.79 Å². The van der Waals surface area contributed by atoms with Crippen LogP contribution in [0.2, 0.25) is 0 Å². The first kappa shape index (κ1) is 13.4. The van der Waals surface area contributed by atoms with E-state index in [1.807, 2.05) is 5.38 Å². The van der Waals surface area contributed by atoms with Gasteiger partial charge in [0.1, 0.15) is 16.3 Å². The van der Waals surface area contributed by atoms with E-state index >= 15 is 0 Å². The van der Waals surface area contributed by atoms with Crippen molar-refractivity contribution in [1.82, 2.24) is 30.0 Å². The molecule has 0 bridgehead atoms. The fourth-order valence-corrected chi connectivity index (χ4v) is 2.63. The number of rotatable bonds is 3. The number of fused-ring (bicyclic) bond motifs is 1. The smallest absolute Gasteiger partial charge is 0.293 e. The molecule has 0 fully saturated rings. The SMILES string of the molecule is Cc1nc(C(=O)N(C)Cc2nc3ccsc3c(=O)[nH]2)n[nH]1. The Balaban J connectivity index is 1.84. The average Bonchev–Trinajstić information content (AvgIpc) is 3.06. The standard InChI is InChI=1S/C12H12N6O2S/c1-6-13-10(17-16-6)12(20)18(2)5-8-14-7-3-4-21-9(7)11(19)15-8/h3-4H,5H2,1-2H3,(H,13,16,17)(H,14,15,19). The molecular formula is C12H12N6O2S. The lowest BCUT2D eigenvalue weighted by molar-refractivity contribution is 0.0770. The average molecular weight is 304 g/mol. The highest BCUT2D eigenvalue weighted by molar-refractivity contribution is 7.17. The second kappa shape index (κ2) is 5.09. The number of thiophene rings is 1. The maximum atomic E-state index is 12.1. The molecule has 0 aliphatic carbocycles. The van der Waals surface area contributed by atoms with Gasteiger partial charge in [-0.05, 0) is 18.4 Å². The van der Waals surface area contributed by atoms with Crippen LogP contribution in [-0.4, -0.2) is 43.0 Å². The molecule has 0 aromatic carbocycles. The number of aromatic amines is 2. The minimum absolute atomic E-state index is 0.0916. The van der Waals surface area contributed by atoms with Crippen molar-refractivity contribution in [2.45, 2.75) is 13.5 Å². The van der Waals surface area contributed by atoms with Gasteiger partial charge < -0.3 is 9.88 Å². The third-order valence-electron chi connectivity index (χ3n) is 2.89. The van der Waals surface area contributed by atoms with Crippen molar-refractivity contribution in [1.29, 1.82) is 0 Å². The molecule has 3 rings (SSSR count). The Kier molecular flexibility index (Phi) is 3.26. The van der Waals surface area contributed by atoms with Crippen LogP contribution >= 0.6 is 11.3 Å². The van der Waals surface area contributed by atoms with Gasteiger partial charge in [-0.3, -0.25) is 14.7 Å². The lowest BCUT2D eigenvalue weighted by Crippen LogP contribution is -2.29. The normalized spacial score (nSPS) is 11.0. The van der Waals surface area contributed by atoms with Crippen molar-refractivity contribution in [2.24, 2.45) is 0 Å². The highest BCUT2D eigenvalue weighted by atomic mass is 32.1. The molecule has 0 aliphatic rings. The van der Waals surface area contributed by atoms with Crippen molar-refractivity contribution in [3.63, 3.8) is 0 Å². The van der Waals surface area contributed by atoms with Gasteiger partial charge in [-0.1, -0.05) is 0 Å². The van der Waals surface area contributed by atoms with E-state index in [9.17, 15) is 9.59 Å². The van der Waals surface area contributed by atoms with Crippen LogP contribution in [0.1, 0.15) is 22.3 Å². The topological polar surface area (TPSA) is 108 Å². The predicted octanol–water partition coefficient (Wildman–Crippen LogP) is 0.683. The van der Waals surface area contributed by atoms with Gasteiger partial charge >= 0.3 is 0 Å². The van der Waals surface area contributed by atoms with Gasteiger partial charge in [-0.15, -0.1) is 16.4 Å². The molecule has 0 unspecified atom stereocenters. The highest BCUT2D eigenvalue weighted by Crippen LogP contribution is 2.14. The second-order valence-electron chi connectivity index (χ2n) is 4.55. The third kappa shape index (κ3) is 2.55. The zero-order valence-corrected chi connectivity index (χ0v) is 12.2. The van der Waals surface area contributed by atoms with E-state index < -0.39 is 0 Å². The summed E-state index contributed by atoms with van der Waals surface area (Å²) in [5.74, 6) is 0.744. The van der Waals surface area contributed by atoms with E-state index in [4.69, 9.17) is 0 Å². The maximum Gasteiger partial charge on any atom is 0.293 e. The Morgan fingerprint density at radius 2 is 2.24 bits per heavy atom. The molecule has 108 valence electrons. The minimum Gasteiger partial charge on any atom is -0.331 e. The lowest BCUT2D eigenvalue weighted by atomic mass is 10.4. The van der Waals surface area contributed by atoms with Crippen molar-refractivity contribution >= 4 is 27.5 Å². The predicted molar refractivity (Wildman–Crippen MR) is 77.2 cm³/mol. The molecule has 3 aromatic rings. The number of amides is 1. The molecule has 0 radical (unpaired) electrons. The van der Waals surface area contributed by atoms with Crippen molar-refractivity contribution in [3.8, 4) is 0 Å². The first-order valence-corrected chi connectivity index (χ1v) is 7.03. The lowest BCUT2D eigenvalue weighted by Gasteiger charge is -2.14. The zero-order valence-electron chi connectivity index (χ0n) is 11.4. The first-order valence-electron chi connectivity index (χ1n) is 6.15. The molecule has 1 amide bonds. The second-order valence-corrected chi connectivity index (χ2v) is 5.47. The number of aryl methyl sites for hydroxylation is 1. The molecule has 8 nitrogen and oxygen atoms in total. The molecule has 0 saturated heterocycles. The van der Waals surface area contributed by atoms with Gasteiger partial charge in [-0.2, -0.15) is 0 Å². The number of carbonyl (C=O) groups is 1. The van der Waals surface area contributed by atoms with Gasteiger partial charge in [0.15, 0.2) is 0 Å².